The van der Waals surface area contributed by atoms with E-state index < -0.39 is 11.8 Å². The molecule has 0 saturated carbocycles. The number of benzene rings is 1. The number of methoxy groups -OCH3 is 1. The van der Waals surface area contributed by atoms with Crippen LogP contribution >= 0.6 is 46.4 Å². The monoisotopic (exact) mass is 340 g/mol. The van der Waals surface area contributed by atoms with Gasteiger partial charge >= 0.3 is 12.2 Å². The van der Waals surface area contributed by atoms with Crippen molar-refractivity contribution in [2.24, 2.45) is 0 Å². The molecule has 0 saturated heterocycles. The van der Waals surface area contributed by atoms with Crippen LogP contribution in [0.5, 0.6) is 0 Å². The Morgan fingerprint density at radius 2 is 1.53 bits per heavy atom. The number of nitrogens with zero attached hydrogens (tertiary/aromatic N) is 2. The second kappa shape index (κ2) is 6.37. The Kier molecular flexibility index (Phi) is 5.35. The fourth-order valence-corrected chi connectivity index (χ4v) is 2.30. The Morgan fingerprint density at radius 1 is 1.05 bits per heavy atom. The lowest BCUT2D eigenvalue weighted by Crippen LogP contribution is -2.14. The molecule has 0 aromatic heterocycles. The largest absolute Gasteiger partial charge is 0.465 e. The number of carbonyl (C=O) groups excluding carboxylic acids is 2. The highest BCUT2D eigenvalue weighted by molar-refractivity contribution is 6.55. The molecule has 9 heteroatoms. The van der Waals surface area contributed by atoms with Gasteiger partial charge in [-0.25, -0.2) is 4.79 Å². The summed E-state index contributed by atoms with van der Waals surface area (Å²) in [6.07, 6.45) is 0.536. The molecule has 0 heterocycles. The van der Waals surface area contributed by atoms with E-state index in [1.54, 1.807) is 0 Å². The van der Waals surface area contributed by atoms with E-state index >= 15 is 0 Å². The molecular formula is C10H4Cl4N2O3. The summed E-state index contributed by atoms with van der Waals surface area (Å²) in [5, 5.41) is -0.958. The zero-order valence-corrected chi connectivity index (χ0v) is 12.2. The number of ketones is 1. The van der Waals surface area contributed by atoms with Gasteiger partial charge in [-0.3, -0.25) is 4.79 Å². The summed E-state index contributed by atoms with van der Waals surface area (Å²) in [6.45, 7) is 0. The van der Waals surface area contributed by atoms with E-state index in [1.165, 1.54) is 0 Å². The molecule has 1 aromatic rings. The first-order chi connectivity index (χ1) is 8.86. The molecule has 19 heavy (non-hydrogen) atoms. The number of hydrogen-bond donors (Lipinski definition) is 0. The minimum atomic E-state index is -0.930. The van der Waals surface area contributed by atoms with Crippen molar-refractivity contribution in [3.05, 3.63) is 36.7 Å². The van der Waals surface area contributed by atoms with Crippen LogP contribution < -0.4 is 0 Å². The number of carbonyl (C=O) groups is 2. The number of halogens is 4. The molecule has 0 spiro atoms. The molecule has 5 nitrogen and oxygen atoms in total. The van der Waals surface area contributed by atoms with Gasteiger partial charge in [-0.05, 0) is 0 Å². The summed E-state index contributed by atoms with van der Waals surface area (Å²) in [5.74, 6) is -1.81. The SMILES string of the molecule is COC(=O)c1c(Cl)c(Cl)c(Cl)c(Cl)c1C(=O)C=[N+]=[N-]. The molecule has 0 aliphatic heterocycles. The Hall–Kier alpha value is -1.10. The predicted molar refractivity (Wildman–Crippen MR) is 71.8 cm³/mol. The Labute approximate surface area is 127 Å². The number of hydrogen-bond acceptors (Lipinski definition) is 3. The lowest BCUT2D eigenvalue weighted by atomic mass is 10.0. The Balaban J connectivity index is 3.81. The number of rotatable bonds is 3. The Morgan fingerprint density at radius 3 is 1.95 bits per heavy atom. The summed E-state index contributed by atoms with van der Waals surface area (Å²) < 4.78 is 4.49. The average molecular weight is 342 g/mol. The maximum absolute atomic E-state index is 11.8. The predicted octanol–water partition coefficient (Wildman–Crippen LogP) is 3.57. The molecule has 0 amide bonds. The van der Waals surface area contributed by atoms with E-state index in [0.29, 0.717) is 6.21 Å². The topological polar surface area (TPSA) is 79.8 Å². The van der Waals surface area contributed by atoms with Crippen molar-refractivity contribution in [2.45, 2.75) is 0 Å². The van der Waals surface area contributed by atoms with Gasteiger partial charge in [0.15, 0.2) is 0 Å². The lowest BCUT2D eigenvalue weighted by Gasteiger charge is -2.11. The van der Waals surface area contributed by atoms with Crippen molar-refractivity contribution in [1.29, 1.82) is 0 Å². The maximum atomic E-state index is 11.8. The highest BCUT2D eigenvalue weighted by Gasteiger charge is 2.30. The highest BCUT2D eigenvalue weighted by atomic mass is 35.5. The quantitative estimate of drug-likeness (QED) is 0.160. The number of ether oxygens (including phenoxy) is 1. The first-order valence-electron chi connectivity index (χ1n) is 4.52. The number of esters is 1. The van der Waals surface area contributed by atoms with Crippen molar-refractivity contribution in [1.82, 2.24) is 0 Å². The molecule has 0 bridgehead atoms. The summed E-state index contributed by atoms with van der Waals surface area (Å²) >= 11 is 23.3. The van der Waals surface area contributed by atoms with Crippen LogP contribution in [-0.4, -0.2) is 29.9 Å². The molecule has 1 rings (SSSR count). The van der Waals surface area contributed by atoms with Gasteiger partial charge in [0.05, 0.1) is 38.3 Å². The van der Waals surface area contributed by atoms with Crippen molar-refractivity contribution in [3.8, 4) is 0 Å². The third kappa shape index (κ3) is 2.91. The van der Waals surface area contributed by atoms with E-state index in [1.807, 2.05) is 0 Å². The normalized spacial score (nSPS) is 9.74. The summed E-state index contributed by atoms with van der Waals surface area (Å²) in [4.78, 5) is 26.0. The van der Waals surface area contributed by atoms with E-state index in [0.717, 1.165) is 7.11 Å². The standard InChI is InChI=1S/C10H4Cl4N2O3/c1-19-10(18)5-4(3(17)2-16-15)6(11)8(13)9(14)7(5)12/h2H,1H3. The van der Waals surface area contributed by atoms with Crippen molar-refractivity contribution >= 4 is 64.4 Å². The first-order valence-corrected chi connectivity index (χ1v) is 6.04. The first kappa shape index (κ1) is 16.0. The van der Waals surface area contributed by atoms with Gasteiger partial charge in [-0.2, -0.15) is 4.79 Å². The van der Waals surface area contributed by atoms with Crippen molar-refractivity contribution in [2.75, 3.05) is 7.11 Å². The van der Waals surface area contributed by atoms with Gasteiger partial charge in [0.2, 0.25) is 0 Å². The fraction of sp³-hybridized carbons (Fsp3) is 0.100. The molecule has 0 radical (unpaired) electrons. The lowest BCUT2D eigenvalue weighted by molar-refractivity contribution is 0.00234. The van der Waals surface area contributed by atoms with Gasteiger partial charge in [0.25, 0.3) is 5.78 Å². The molecule has 0 fully saturated rings. The third-order valence-electron chi connectivity index (χ3n) is 2.08. The van der Waals surface area contributed by atoms with Gasteiger partial charge < -0.3 is 10.3 Å². The van der Waals surface area contributed by atoms with Gasteiger partial charge in [-0.15, -0.1) is 0 Å². The van der Waals surface area contributed by atoms with E-state index in [4.69, 9.17) is 51.9 Å². The van der Waals surface area contributed by atoms with Crippen LogP contribution in [0.3, 0.4) is 0 Å². The van der Waals surface area contributed by atoms with Crippen LogP contribution in [0.2, 0.25) is 20.1 Å². The summed E-state index contributed by atoms with van der Waals surface area (Å²) in [7, 11) is 1.09. The van der Waals surface area contributed by atoms with Crippen LogP contribution in [0, 0.1) is 0 Å². The van der Waals surface area contributed by atoms with Crippen LogP contribution in [0.1, 0.15) is 20.7 Å². The number of Topliss-reactive ketones (excluding diaryl/α,β-unsaturated/α-hetero) is 1. The third-order valence-corrected chi connectivity index (χ3v) is 3.88. The molecule has 0 aliphatic carbocycles. The van der Waals surface area contributed by atoms with Gasteiger partial charge in [-0.1, -0.05) is 46.4 Å². The molecule has 0 atom stereocenters. The minimum absolute atomic E-state index is 0.189. The average Bonchev–Trinajstić information content (AvgIpc) is 2.39. The zero-order valence-electron chi connectivity index (χ0n) is 9.21. The summed E-state index contributed by atoms with van der Waals surface area (Å²) in [5.41, 5.74) is 7.66. The van der Waals surface area contributed by atoms with Crippen LogP contribution in [0.15, 0.2) is 0 Å². The van der Waals surface area contributed by atoms with Gasteiger partial charge in [0.1, 0.15) is 0 Å². The summed E-state index contributed by atoms with van der Waals surface area (Å²) in [6, 6.07) is 0. The second-order valence-corrected chi connectivity index (χ2v) is 4.62. The smallest absolute Gasteiger partial charge is 0.340 e. The van der Waals surface area contributed by atoms with E-state index in [-0.39, 0.29) is 31.2 Å². The molecule has 0 aliphatic rings. The zero-order chi connectivity index (χ0) is 14.7. The van der Waals surface area contributed by atoms with Crippen LogP contribution in [0.4, 0.5) is 0 Å². The van der Waals surface area contributed by atoms with E-state index in [2.05, 4.69) is 9.53 Å². The van der Waals surface area contributed by atoms with Gasteiger partial charge in [0, 0.05) is 0 Å². The highest BCUT2D eigenvalue weighted by Crippen LogP contribution is 2.41. The molecule has 1 aromatic carbocycles. The Bertz CT molecular complexity index is 624. The van der Waals surface area contributed by atoms with Crippen LogP contribution in [0.25, 0.3) is 5.53 Å². The molecule has 0 N–H and O–H groups in total. The maximum Gasteiger partial charge on any atom is 0.340 e. The minimum Gasteiger partial charge on any atom is -0.465 e. The van der Waals surface area contributed by atoms with Crippen LogP contribution in [-0.2, 0) is 4.74 Å². The van der Waals surface area contributed by atoms with E-state index in [9.17, 15) is 9.59 Å². The second-order valence-electron chi connectivity index (χ2n) is 3.11. The van der Waals surface area contributed by atoms with Crippen molar-refractivity contribution in [3.63, 3.8) is 0 Å². The van der Waals surface area contributed by atoms with Crippen molar-refractivity contribution < 1.29 is 19.1 Å². The molecule has 100 valence electrons. The molecule has 0 unspecified atom stereocenters. The fourth-order valence-electron chi connectivity index (χ4n) is 1.27. The molecular weight excluding hydrogens is 338 g/mol.